The van der Waals surface area contributed by atoms with Crippen molar-refractivity contribution in [3.63, 3.8) is 0 Å². The Morgan fingerprint density at radius 3 is 1.92 bits per heavy atom. The number of ether oxygens (including phenoxy) is 3. The average Bonchev–Trinajstić information content (AvgIpc) is 3.00. The Balaban J connectivity index is 2.32. The molecule has 2 aliphatic rings. The molecule has 0 radical (unpaired) electrons. The molecule has 0 aromatic heterocycles. The Morgan fingerprint density at radius 2 is 1.50 bits per heavy atom. The van der Waals surface area contributed by atoms with E-state index in [2.05, 4.69) is 0 Å². The molecule has 0 spiro atoms. The summed E-state index contributed by atoms with van der Waals surface area (Å²) >= 11 is 0. The molecule has 7 heteroatoms. The molecule has 1 saturated heterocycles. The second-order valence-corrected chi connectivity index (χ2v) is 6.31. The Morgan fingerprint density at radius 1 is 1.00 bits per heavy atom. The Kier molecular flexibility index (Phi) is 6.21. The maximum atomic E-state index is 12.7. The van der Waals surface area contributed by atoms with Gasteiger partial charge in [0.1, 0.15) is 0 Å². The van der Waals surface area contributed by atoms with Crippen LogP contribution in [-0.2, 0) is 28.6 Å². The van der Waals surface area contributed by atoms with Crippen LogP contribution in [0.2, 0.25) is 0 Å². The number of rotatable bonds is 8. The summed E-state index contributed by atoms with van der Waals surface area (Å²) in [7, 11) is 1.26. The zero-order valence-electron chi connectivity index (χ0n) is 14.7. The highest BCUT2D eigenvalue weighted by Gasteiger charge is 2.80. The summed E-state index contributed by atoms with van der Waals surface area (Å²) in [5, 5.41) is 0. The van der Waals surface area contributed by atoms with Gasteiger partial charge in [-0.15, -0.1) is 0 Å². The first-order chi connectivity index (χ1) is 11.5. The molecule has 136 valence electrons. The van der Waals surface area contributed by atoms with Crippen LogP contribution in [0, 0.1) is 0 Å². The number of hydrogen-bond acceptors (Lipinski definition) is 7. The first kappa shape index (κ1) is 18.7. The summed E-state index contributed by atoms with van der Waals surface area (Å²) in [6.07, 6.45) is 4.99. The third-order valence-electron chi connectivity index (χ3n) is 4.65. The van der Waals surface area contributed by atoms with E-state index in [0.717, 1.165) is 25.7 Å². The van der Waals surface area contributed by atoms with Crippen molar-refractivity contribution in [1.82, 2.24) is 4.90 Å². The van der Waals surface area contributed by atoms with E-state index in [1.807, 2.05) is 13.8 Å². The largest absolute Gasteiger partial charge is 0.468 e. The van der Waals surface area contributed by atoms with Crippen LogP contribution in [0.1, 0.15) is 52.4 Å². The van der Waals surface area contributed by atoms with Gasteiger partial charge in [-0.25, -0.2) is 9.59 Å². The van der Waals surface area contributed by atoms with Crippen LogP contribution in [0.4, 0.5) is 0 Å². The third kappa shape index (κ3) is 3.14. The van der Waals surface area contributed by atoms with Gasteiger partial charge in [-0.05, 0) is 25.7 Å². The van der Waals surface area contributed by atoms with Crippen molar-refractivity contribution in [2.24, 2.45) is 0 Å². The minimum absolute atomic E-state index is 0.00236. The first-order valence-electron chi connectivity index (χ1n) is 8.76. The second kappa shape index (κ2) is 7.96. The monoisotopic (exact) mass is 341 g/mol. The lowest BCUT2D eigenvalue weighted by Gasteiger charge is -2.18. The van der Waals surface area contributed by atoms with E-state index in [1.165, 1.54) is 7.11 Å². The smallest absolute Gasteiger partial charge is 0.340 e. The molecule has 1 aliphatic heterocycles. The maximum Gasteiger partial charge on any atom is 0.340 e. The van der Waals surface area contributed by atoms with Gasteiger partial charge in [0.05, 0.1) is 20.3 Å². The van der Waals surface area contributed by atoms with Crippen LogP contribution >= 0.6 is 0 Å². The van der Waals surface area contributed by atoms with Crippen molar-refractivity contribution in [3.05, 3.63) is 0 Å². The normalized spacial score (nSPS) is 25.1. The summed E-state index contributed by atoms with van der Waals surface area (Å²) in [5.74, 6) is -2.00. The molecule has 0 aromatic rings. The summed E-state index contributed by atoms with van der Waals surface area (Å²) in [6, 6.07) is -0.947. The molecule has 24 heavy (non-hydrogen) atoms. The molecule has 7 nitrogen and oxygen atoms in total. The molecule has 1 saturated carbocycles. The van der Waals surface area contributed by atoms with Gasteiger partial charge in [0, 0.05) is 6.04 Å². The highest BCUT2D eigenvalue weighted by atomic mass is 16.6. The van der Waals surface area contributed by atoms with Gasteiger partial charge in [0.2, 0.25) is 5.54 Å². The maximum absolute atomic E-state index is 12.7. The molecule has 2 atom stereocenters. The molecule has 0 N–H and O–H groups in total. The van der Waals surface area contributed by atoms with Gasteiger partial charge in [-0.3, -0.25) is 9.69 Å². The molecule has 0 amide bonds. The lowest BCUT2D eigenvalue weighted by Crippen LogP contribution is -2.44. The van der Waals surface area contributed by atoms with Crippen molar-refractivity contribution >= 4 is 17.9 Å². The minimum atomic E-state index is -1.67. The number of carbonyl (C=O) groups is 3. The summed E-state index contributed by atoms with van der Waals surface area (Å²) in [4.78, 5) is 39.3. The Bertz CT molecular complexity index is 465. The molecule has 2 unspecified atom stereocenters. The lowest BCUT2D eigenvalue weighted by atomic mass is 10.1. The lowest BCUT2D eigenvalue weighted by molar-refractivity contribution is -0.163. The molecule has 1 heterocycles. The topological polar surface area (TPSA) is 81.9 Å². The van der Waals surface area contributed by atoms with Crippen LogP contribution in [0.3, 0.4) is 0 Å². The fourth-order valence-electron chi connectivity index (χ4n) is 3.52. The highest BCUT2D eigenvalue weighted by molar-refractivity contribution is 6.15. The number of nitrogens with zero attached hydrogens (tertiary/aromatic N) is 1. The third-order valence-corrected chi connectivity index (χ3v) is 4.65. The van der Waals surface area contributed by atoms with Crippen molar-refractivity contribution in [2.45, 2.75) is 70.0 Å². The average molecular weight is 341 g/mol. The van der Waals surface area contributed by atoms with Gasteiger partial charge in [-0.2, -0.15) is 0 Å². The number of carbonyl (C=O) groups excluding carboxylic acids is 3. The van der Waals surface area contributed by atoms with Crippen LogP contribution < -0.4 is 0 Å². The summed E-state index contributed by atoms with van der Waals surface area (Å²) in [5.41, 5.74) is -1.67. The van der Waals surface area contributed by atoms with Gasteiger partial charge < -0.3 is 14.2 Å². The minimum Gasteiger partial charge on any atom is -0.468 e. The zero-order valence-corrected chi connectivity index (χ0v) is 14.7. The molecular weight excluding hydrogens is 314 g/mol. The van der Waals surface area contributed by atoms with Gasteiger partial charge >= 0.3 is 17.9 Å². The predicted molar refractivity (Wildman–Crippen MR) is 85.1 cm³/mol. The highest BCUT2D eigenvalue weighted by Crippen LogP contribution is 2.49. The van der Waals surface area contributed by atoms with E-state index >= 15 is 0 Å². The molecule has 2 rings (SSSR count). The van der Waals surface area contributed by atoms with E-state index < -0.39 is 29.5 Å². The van der Waals surface area contributed by atoms with E-state index in [9.17, 15) is 14.4 Å². The van der Waals surface area contributed by atoms with E-state index in [1.54, 1.807) is 4.90 Å². The second-order valence-electron chi connectivity index (χ2n) is 6.31. The van der Waals surface area contributed by atoms with Crippen molar-refractivity contribution in [3.8, 4) is 0 Å². The quantitative estimate of drug-likeness (QED) is 0.286. The fraction of sp³-hybridized carbons (Fsp3) is 0.824. The van der Waals surface area contributed by atoms with E-state index in [-0.39, 0.29) is 19.3 Å². The fourth-order valence-corrected chi connectivity index (χ4v) is 3.52. The van der Waals surface area contributed by atoms with Crippen LogP contribution in [-0.4, -0.2) is 60.8 Å². The molecule has 0 bridgehead atoms. The Hall–Kier alpha value is -1.63. The van der Waals surface area contributed by atoms with E-state index in [4.69, 9.17) is 14.2 Å². The number of methoxy groups -OCH3 is 1. The van der Waals surface area contributed by atoms with Crippen molar-refractivity contribution in [1.29, 1.82) is 0 Å². The van der Waals surface area contributed by atoms with Crippen LogP contribution in [0.15, 0.2) is 0 Å². The van der Waals surface area contributed by atoms with Crippen LogP contribution in [0.25, 0.3) is 0 Å². The van der Waals surface area contributed by atoms with Gasteiger partial charge in [0.25, 0.3) is 0 Å². The van der Waals surface area contributed by atoms with Gasteiger partial charge in [0.15, 0.2) is 6.04 Å². The standard InChI is InChI=1S/C17H27NO6/c1-4-10-23-15(20)17(16(21)24-11-5-2)13(14(19)22-3)18(17)12-8-6-7-9-12/h12-13H,4-11H2,1-3H3. The summed E-state index contributed by atoms with van der Waals surface area (Å²) in [6.45, 7) is 4.14. The first-order valence-corrected chi connectivity index (χ1v) is 8.76. The van der Waals surface area contributed by atoms with E-state index in [0.29, 0.717) is 12.8 Å². The number of hydrogen-bond donors (Lipinski definition) is 0. The summed E-state index contributed by atoms with van der Waals surface area (Å²) < 4.78 is 15.3. The molecular formula is C17H27NO6. The Labute approximate surface area is 142 Å². The molecule has 0 aromatic carbocycles. The predicted octanol–water partition coefficient (Wildman–Crippen LogP) is 1.43. The SMILES string of the molecule is CCCOC(=O)C1(C(=O)OCCC)C(C(=O)OC)N1C1CCCC1. The molecule has 1 aliphatic carbocycles. The van der Waals surface area contributed by atoms with Crippen LogP contribution in [0.5, 0.6) is 0 Å². The van der Waals surface area contributed by atoms with Gasteiger partial charge in [-0.1, -0.05) is 26.7 Å². The number of esters is 3. The zero-order chi connectivity index (χ0) is 17.7. The molecule has 2 fully saturated rings. The van der Waals surface area contributed by atoms with Crippen molar-refractivity contribution < 1.29 is 28.6 Å². The van der Waals surface area contributed by atoms with Crippen molar-refractivity contribution in [2.75, 3.05) is 20.3 Å².